The third-order valence-corrected chi connectivity index (χ3v) is 6.61. The fourth-order valence-electron chi connectivity index (χ4n) is 2.87. The largest absolute Gasteiger partial charge is 0.379 e. The molecule has 0 saturated carbocycles. The topological polar surface area (TPSA) is 58.6 Å². The quantitative estimate of drug-likeness (QED) is 0.787. The van der Waals surface area contributed by atoms with Gasteiger partial charge in [-0.2, -0.15) is 0 Å². The van der Waals surface area contributed by atoms with Crippen LogP contribution in [-0.2, 0) is 27.8 Å². The van der Waals surface area contributed by atoms with Crippen LogP contribution in [-0.4, -0.2) is 39.6 Å². The van der Waals surface area contributed by atoms with Crippen molar-refractivity contribution in [1.82, 2.24) is 9.62 Å². The maximum Gasteiger partial charge on any atom is 0.243 e. The lowest BCUT2D eigenvalue weighted by molar-refractivity contribution is 0.0341. The maximum absolute atomic E-state index is 12.6. The lowest BCUT2D eigenvalue weighted by Gasteiger charge is -2.27. The fraction of sp³-hybridized carbons (Fsp3) is 0.333. The van der Waals surface area contributed by atoms with Crippen LogP contribution < -0.4 is 4.72 Å². The number of rotatable bonds is 6. The van der Waals surface area contributed by atoms with Crippen LogP contribution in [0.25, 0.3) is 0 Å². The highest BCUT2D eigenvalue weighted by atomic mass is 35.5. The summed E-state index contributed by atoms with van der Waals surface area (Å²) in [6.07, 6.45) is 0. The molecule has 0 spiro atoms. The molecule has 0 aromatic heterocycles. The molecular weight excluding hydrogens is 395 g/mol. The Kier molecular flexibility index (Phi) is 6.55. The summed E-state index contributed by atoms with van der Waals surface area (Å²) in [6, 6.07) is 12.4. The third-order valence-electron chi connectivity index (χ3n) is 4.26. The molecule has 1 saturated heterocycles. The maximum atomic E-state index is 12.6. The predicted octanol–water partition coefficient (Wildman–Crippen LogP) is 3.30. The van der Waals surface area contributed by atoms with Crippen molar-refractivity contribution in [2.45, 2.75) is 18.0 Å². The monoisotopic (exact) mass is 414 g/mol. The molecule has 8 heteroatoms. The average molecular weight is 415 g/mol. The molecule has 26 heavy (non-hydrogen) atoms. The molecule has 0 unspecified atom stereocenters. The number of hydrogen-bond acceptors (Lipinski definition) is 4. The van der Waals surface area contributed by atoms with E-state index in [9.17, 15) is 8.42 Å². The molecule has 1 N–H and O–H groups in total. The summed E-state index contributed by atoms with van der Waals surface area (Å²) < 4.78 is 33.3. The van der Waals surface area contributed by atoms with Crippen molar-refractivity contribution in [3.63, 3.8) is 0 Å². The van der Waals surface area contributed by atoms with Crippen molar-refractivity contribution in [3.05, 3.63) is 63.6 Å². The number of hydrogen-bond donors (Lipinski definition) is 1. The second kappa shape index (κ2) is 8.69. The molecule has 2 aromatic rings. The number of nitrogens with one attached hydrogen (secondary N) is 1. The van der Waals surface area contributed by atoms with Gasteiger partial charge in [0.05, 0.1) is 23.3 Å². The highest BCUT2D eigenvalue weighted by Crippen LogP contribution is 2.29. The standard InChI is InChI=1S/C18H20Cl2N2O3S/c19-16-6-3-7-17(20)18(16)26(23,24)21-12-14-4-1-2-5-15(14)13-22-8-10-25-11-9-22/h1-7,21H,8-13H2. The van der Waals surface area contributed by atoms with Gasteiger partial charge in [-0.05, 0) is 23.3 Å². The van der Waals surface area contributed by atoms with Crippen LogP contribution in [0.2, 0.25) is 10.0 Å². The number of morpholine rings is 1. The zero-order valence-corrected chi connectivity index (χ0v) is 16.4. The first-order valence-corrected chi connectivity index (χ1v) is 10.5. The Balaban J connectivity index is 1.75. The van der Waals surface area contributed by atoms with E-state index in [1.165, 1.54) is 12.1 Å². The van der Waals surface area contributed by atoms with Gasteiger partial charge in [-0.3, -0.25) is 4.90 Å². The Morgan fingerprint density at radius 2 is 1.58 bits per heavy atom. The van der Waals surface area contributed by atoms with Gasteiger partial charge < -0.3 is 4.74 Å². The molecular formula is C18H20Cl2N2O3S. The summed E-state index contributed by atoms with van der Waals surface area (Å²) in [5, 5.41) is 0.207. The summed E-state index contributed by atoms with van der Waals surface area (Å²) in [6.45, 7) is 4.11. The molecule has 0 aliphatic carbocycles. The van der Waals surface area contributed by atoms with E-state index >= 15 is 0 Å². The molecule has 0 bridgehead atoms. The van der Waals surface area contributed by atoms with Crippen LogP contribution in [0, 0.1) is 0 Å². The van der Waals surface area contributed by atoms with Crippen molar-refractivity contribution >= 4 is 33.2 Å². The number of sulfonamides is 1. The Hall–Kier alpha value is -1.15. The summed E-state index contributed by atoms with van der Waals surface area (Å²) in [5.74, 6) is 0. The third kappa shape index (κ3) is 4.76. The Labute approximate surface area is 163 Å². The summed E-state index contributed by atoms with van der Waals surface area (Å²) in [4.78, 5) is 2.20. The first kappa shape index (κ1) is 19.6. The highest BCUT2D eigenvalue weighted by molar-refractivity contribution is 7.89. The summed E-state index contributed by atoms with van der Waals surface area (Å²) >= 11 is 12.1. The van der Waals surface area contributed by atoms with Gasteiger partial charge in [0.25, 0.3) is 0 Å². The lowest BCUT2D eigenvalue weighted by Crippen LogP contribution is -2.36. The Morgan fingerprint density at radius 3 is 2.23 bits per heavy atom. The zero-order chi connectivity index (χ0) is 18.6. The number of halogens is 2. The molecule has 1 heterocycles. The van der Waals surface area contributed by atoms with Gasteiger partial charge in [0.1, 0.15) is 4.90 Å². The van der Waals surface area contributed by atoms with Crippen LogP contribution in [0.4, 0.5) is 0 Å². The van der Waals surface area contributed by atoms with Gasteiger partial charge in [0.15, 0.2) is 0 Å². The molecule has 0 atom stereocenters. The smallest absolute Gasteiger partial charge is 0.243 e. The van der Waals surface area contributed by atoms with E-state index < -0.39 is 10.0 Å². The summed E-state index contributed by atoms with van der Waals surface area (Å²) in [5.41, 5.74) is 2.01. The van der Waals surface area contributed by atoms with Crippen LogP contribution in [0.1, 0.15) is 11.1 Å². The van der Waals surface area contributed by atoms with Gasteiger partial charge in [-0.1, -0.05) is 53.5 Å². The first-order valence-electron chi connectivity index (χ1n) is 8.28. The zero-order valence-electron chi connectivity index (χ0n) is 14.1. The van der Waals surface area contributed by atoms with Crippen LogP contribution in [0.3, 0.4) is 0 Å². The molecule has 0 radical (unpaired) electrons. The SMILES string of the molecule is O=S(=O)(NCc1ccccc1CN1CCOCC1)c1c(Cl)cccc1Cl. The van der Waals surface area contributed by atoms with Crippen molar-refractivity contribution in [2.24, 2.45) is 0 Å². The minimum absolute atomic E-state index is 0.0889. The second-order valence-corrected chi connectivity index (χ2v) is 8.55. The molecule has 2 aromatic carbocycles. The van der Waals surface area contributed by atoms with Crippen LogP contribution in [0.15, 0.2) is 47.4 Å². The summed E-state index contributed by atoms with van der Waals surface area (Å²) in [7, 11) is -3.82. The normalized spacial score (nSPS) is 15.9. The average Bonchev–Trinajstić information content (AvgIpc) is 2.61. The minimum atomic E-state index is -3.82. The minimum Gasteiger partial charge on any atom is -0.379 e. The molecule has 1 aliphatic rings. The second-order valence-electron chi connectivity index (χ2n) is 6.03. The molecule has 0 amide bonds. The molecule has 5 nitrogen and oxygen atoms in total. The first-order chi connectivity index (χ1) is 12.5. The van der Waals surface area contributed by atoms with Gasteiger partial charge in [-0.15, -0.1) is 0 Å². The highest BCUT2D eigenvalue weighted by Gasteiger charge is 2.22. The van der Waals surface area contributed by atoms with E-state index in [2.05, 4.69) is 9.62 Å². The van der Waals surface area contributed by atoms with E-state index in [-0.39, 0.29) is 21.5 Å². The molecule has 1 fully saturated rings. The van der Waals surface area contributed by atoms with Crippen molar-refractivity contribution in [3.8, 4) is 0 Å². The predicted molar refractivity (Wildman–Crippen MR) is 103 cm³/mol. The number of benzene rings is 2. The number of ether oxygens (including phenoxy) is 1. The lowest BCUT2D eigenvalue weighted by atomic mass is 10.1. The molecule has 1 aliphatic heterocycles. The fourth-order valence-corrected chi connectivity index (χ4v) is 5.01. The van der Waals surface area contributed by atoms with E-state index in [0.717, 1.165) is 44.0 Å². The van der Waals surface area contributed by atoms with Gasteiger partial charge >= 0.3 is 0 Å². The van der Waals surface area contributed by atoms with Gasteiger partial charge in [-0.25, -0.2) is 13.1 Å². The van der Waals surface area contributed by atoms with E-state index in [1.807, 2.05) is 24.3 Å². The molecule has 3 rings (SSSR count). The van der Waals surface area contributed by atoms with Crippen LogP contribution in [0.5, 0.6) is 0 Å². The van der Waals surface area contributed by atoms with Crippen molar-refractivity contribution in [1.29, 1.82) is 0 Å². The van der Waals surface area contributed by atoms with E-state index in [1.54, 1.807) is 6.07 Å². The molecule has 140 valence electrons. The van der Waals surface area contributed by atoms with Gasteiger partial charge in [0, 0.05) is 26.2 Å². The Bertz CT molecular complexity index is 848. The number of nitrogens with zero attached hydrogens (tertiary/aromatic N) is 1. The van der Waals surface area contributed by atoms with E-state index in [4.69, 9.17) is 27.9 Å². The van der Waals surface area contributed by atoms with E-state index in [0.29, 0.717) is 0 Å². The Morgan fingerprint density at radius 1 is 0.962 bits per heavy atom. The van der Waals surface area contributed by atoms with Crippen molar-refractivity contribution < 1.29 is 13.2 Å². The van der Waals surface area contributed by atoms with Crippen LogP contribution >= 0.6 is 23.2 Å². The van der Waals surface area contributed by atoms with Crippen molar-refractivity contribution in [2.75, 3.05) is 26.3 Å². The van der Waals surface area contributed by atoms with Gasteiger partial charge in [0.2, 0.25) is 10.0 Å².